The van der Waals surface area contributed by atoms with Crippen molar-refractivity contribution in [1.29, 1.82) is 0 Å². The average Bonchev–Trinajstić information content (AvgIpc) is 2.84. The minimum atomic E-state index is 0.153. The zero-order chi connectivity index (χ0) is 17.9. The van der Waals surface area contributed by atoms with Crippen LogP contribution in [-0.2, 0) is 17.7 Å². The van der Waals surface area contributed by atoms with Crippen molar-refractivity contribution in [3.8, 4) is 0 Å². The largest absolute Gasteiger partial charge is 0.383 e. The molecule has 24 heavy (non-hydrogen) atoms. The lowest BCUT2D eigenvalue weighted by Crippen LogP contribution is -2.41. The number of pyridine rings is 1. The first-order chi connectivity index (χ1) is 11.4. The van der Waals surface area contributed by atoms with E-state index in [0.717, 1.165) is 29.1 Å². The molecule has 0 aromatic carbocycles. The molecule has 0 spiro atoms. The number of methoxy groups -OCH3 is 1. The van der Waals surface area contributed by atoms with Crippen molar-refractivity contribution in [2.45, 2.75) is 53.6 Å². The molecule has 0 N–H and O–H groups in total. The third kappa shape index (κ3) is 3.75. The van der Waals surface area contributed by atoms with E-state index in [1.54, 1.807) is 7.11 Å². The van der Waals surface area contributed by atoms with Crippen molar-refractivity contribution in [1.82, 2.24) is 4.57 Å². The Morgan fingerprint density at radius 3 is 2.62 bits per heavy atom. The molecule has 0 bridgehead atoms. The van der Waals surface area contributed by atoms with Crippen LogP contribution in [0.2, 0.25) is 0 Å². The van der Waals surface area contributed by atoms with Crippen LogP contribution in [0.5, 0.6) is 0 Å². The van der Waals surface area contributed by atoms with E-state index in [2.05, 4.69) is 36.7 Å². The van der Waals surface area contributed by atoms with Gasteiger partial charge in [-0.3, -0.25) is 4.79 Å². The highest BCUT2D eigenvalue weighted by Gasteiger charge is 2.22. The molecule has 0 radical (unpaired) electrons. The summed E-state index contributed by atoms with van der Waals surface area (Å²) < 4.78 is 9.50. The zero-order valence-electron chi connectivity index (χ0n) is 15.7. The summed E-state index contributed by atoms with van der Waals surface area (Å²) in [6.45, 7) is 11.4. The van der Waals surface area contributed by atoms with Crippen LogP contribution in [0.3, 0.4) is 0 Å². The smallest absolute Gasteiger partial charge is 0.229 e. The van der Waals surface area contributed by atoms with Crippen molar-refractivity contribution < 1.29 is 14.1 Å². The number of hydrogen-bond acceptors (Lipinski definition) is 2. The maximum absolute atomic E-state index is 12.9. The first kappa shape index (κ1) is 18.4. The van der Waals surface area contributed by atoms with Gasteiger partial charge in [0, 0.05) is 42.6 Å². The molecule has 0 fully saturated rings. The van der Waals surface area contributed by atoms with E-state index >= 15 is 0 Å². The van der Waals surface area contributed by atoms with Crippen molar-refractivity contribution in [2.24, 2.45) is 0 Å². The van der Waals surface area contributed by atoms with Gasteiger partial charge in [0.2, 0.25) is 12.3 Å². The summed E-state index contributed by atoms with van der Waals surface area (Å²) in [5, 5.41) is 0. The Balaban J connectivity index is 2.29. The van der Waals surface area contributed by atoms with Gasteiger partial charge in [0.25, 0.3) is 0 Å². The van der Waals surface area contributed by atoms with E-state index in [4.69, 9.17) is 4.74 Å². The van der Waals surface area contributed by atoms with Crippen LogP contribution in [0, 0.1) is 20.8 Å². The number of ketones is 1. The van der Waals surface area contributed by atoms with Gasteiger partial charge in [-0.25, -0.2) is 0 Å². The molecule has 0 saturated heterocycles. The van der Waals surface area contributed by atoms with E-state index in [-0.39, 0.29) is 11.8 Å². The normalized spacial score (nSPS) is 12.4. The highest BCUT2D eigenvalue weighted by Crippen LogP contribution is 2.21. The number of nitrogens with zero attached hydrogens (tertiary/aromatic N) is 2. The first-order valence-electron chi connectivity index (χ1n) is 8.58. The SMILES string of the molecule is CCc1ccc(C)[n+](CC(=O)c2cc(C)n([C@@H](C)COC)c2C)c1. The van der Waals surface area contributed by atoms with Gasteiger partial charge >= 0.3 is 0 Å². The maximum Gasteiger partial charge on any atom is 0.229 e. The lowest BCUT2D eigenvalue weighted by atomic mass is 10.1. The Morgan fingerprint density at radius 2 is 2.00 bits per heavy atom. The Kier molecular flexibility index (Phi) is 5.94. The van der Waals surface area contributed by atoms with Crippen LogP contribution in [0.1, 0.15) is 52.9 Å². The molecular formula is C20H29N2O2+. The van der Waals surface area contributed by atoms with Crippen LogP contribution < -0.4 is 4.57 Å². The minimum absolute atomic E-state index is 0.153. The van der Waals surface area contributed by atoms with Gasteiger partial charge in [0.15, 0.2) is 11.9 Å². The molecule has 2 rings (SSSR count). The summed E-state index contributed by atoms with van der Waals surface area (Å²) in [6.07, 6.45) is 3.05. The van der Waals surface area contributed by atoms with Crippen molar-refractivity contribution in [2.75, 3.05) is 13.7 Å². The summed E-state index contributed by atoms with van der Waals surface area (Å²) in [7, 11) is 1.71. The Morgan fingerprint density at radius 1 is 1.29 bits per heavy atom. The van der Waals surface area contributed by atoms with Gasteiger partial charge < -0.3 is 9.30 Å². The van der Waals surface area contributed by atoms with Crippen LogP contribution in [0.15, 0.2) is 24.4 Å². The lowest BCUT2D eigenvalue weighted by Gasteiger charge is -2.17. The van der Waals surface area contributed by atoms with Crippen molar-refractivity contribution >= 4 is 5.78 Å². The van der Waals surface area contributed by atoms with Crippen LogP contribution in [0.4, 0.5) is 0 Å². The molecule has 2 aromatic rings. The number of Topliss-reactive ketones (excluding diaryl/α,β-unsaturated/α-hetero) is 1. The van der Waals surface area contributed by atoms with E-state index in [9.17, 15) is 4.79 Å². The Labute approximate surface area is 145 Å². The molecule has 4 heteroatoms. The molecule has 130 valence electrons. The predicted octanol–water partition coefficient (Wildman–Crippen LogP) is 3.35. The van der Waals surface area contributed by atoms with Gasteiger partial charge in [-0.2, -0.15) is 4.57 Å². The third-order valence-corrected chi connectivity index (χ3v) is 4.67. The molecule has 0 aliphatic heterocycles. The number of carbonyl (C=O) groups is 1. The number of aromatic nitrogens is 2. The van der Waals surface area contributed by atoms with Gasteiger partial charge in [0.05, 0.1) is 12.6 Å². The molecule has 0 unspecified atom stereocenters. The highest BCUT2D eigenvalue weighted by atomic mass is 16.5. The van der Waals surface area contributed by atoms with E-state index in [1.165, 1.54) is 5.56 Å². The maximum atomic E-state index is 12.9. The summed E-state index contributed by atoms with van der Waals surface area (Å²) in [5.74, 6) is 0.153. The Hall–Kier alpha value is -1.94. The molecule has 0 amide bonds. The van der Waals surface area contributed by atoms with Crippen LogP contribution in [-0.4, -0.2) is 24.1 Å². The molecule has 1 atom stereocenters. The highest BCUT2D eigenvalue weighted by molar-refractivity contribution is 5.96. The summed E-state index contributed by atoms with van der Waals surface area (Å²) in [6, 6.07) is 6.42. The third-order valence-electron chi connectivity index (χ3n) is 4.67. The van der Waals surface area contributed by atoms with Crippen molar-refractivity contribution in [3.63, 3.8) is 0 Å². The molecule has 0 saturated carbocycles. The number of ether oxygens (including phenoxy) is 1. The van der Waals surface area contributed by atoms with Crippen LogP contribution in [0.25, 0.3) is 0 Å². The summed E-state index contributed by atoms with van der Waals surface area (Å²) >= 11 is 0. The molecular weight excluding hydrogens is 300 g/mol. The predicted molar refractivity (Wildman–Crippen MR) is 95.6 cm³/mol. The second kappa shape index (κ2) is 7.75. The quantitative estimate of drug-likeness (QED) is 0.577. The minimum Gasteiger partial charge on any atom is -0.383 e. The van der Waals surface area contributed by atoms with Gasteiger partial charge in [-0.15, -0.1) is 0 Å². The monoisotopic (exact) mass is 329 g/mol. The van der Waals surface area contributed by atoms with E-state index in [0.29, 0.717) is 13.2 Å². The Bertz CT molecular complexity index is 731. The van der Waals surface area contributed by atoms with Gasteiger partial charge in [-0.1, -0.05) is 6.92 Å². The van der Waals surface area contributed by atoms with Gasteiger partial charge in [-0.05, 0) is 39.3 Å². The first-order valence-corrected chi connectivity index (χ1v) is 8.58. The topological polar surface area (TPSA) is 35.1 Å². The zero-order valence-corrected chi connectivity index (χ0v) is 15.7. The van der Waals surface area contributed by atoms with Crippen LogP contribution >= 0.6 is 0 Å². The van der Waals surface area contributed by atoms with E-state index in [1.807, 2.05) is 31.4 Å². The molecule has 0 aliphatic carbocycles. The average molecular weight is 329 g/mol. The fourth-order valence-corrected chi connectivity index (χ4v) is 3.34. The number of aryl methyl sites for hydroxylation is 3. The van der Waals surface area contributed by atoms with Crippen molar-refractivity contribution in [3.05, 3.63) is 52.6 Å². The second-order valence-electron chi connectivity index (χ2n) is 6.54. The number of rotatable bonds is 7. The van der Waals surface area contributed by atoms with Gasteiger partial charge in [0.1, 0.15) is 0 Å². The van der Waals surface area contributed by atoms with E-state index < -0.39 is 0 Å². The molecule has 2 heterocycles. The summed E-state index contributed by atoms with van der Waals surface area (Å²) in [4.78, 5) is 12.9. The fourth-order valence-electron chi connectivity index (χ4n) is 3.34. The summed E-state index contributed by atoms with van der Waals surface area (Å²) in [5.41, 5.74) is 5.27. The molecule has 4 nitrogen and oxygen atoms in total. The second-order valence-corrected chi connectivity index (χ2v) is 6.54. The lowest BCUT2D eigenvalue weighted by molar-refractivity contribution is -0.689. The fraction of sp³-hybridized carbons (Fsp3) is 0.500. The number of carbonyl (C=O) groups excluding carboxylic acids is 1. The number of hydrogen-bond donors (Lipinski definition) is 0. The molecule has 2 aromatic heterocycles. The molecule has 0 aliphatic rings. The standard InChI is InChI=1S/C20H29N2O2/c1-7-18-9-8-14(2)21(11-18)12-20(23)19-10-15(3)22(17(19)5)16(4)13-24-6/h8-11,16H,7,12-13H2,1-6H3/q+1/t16-/m0/s1.